The predicted octanol–water partition coefficient (Wildman–Crippen LogP) is 2.62. The molecule has 0 aliphatic rings. The van der Waals surface area contributed by atoms with Gasteiger partial charge in [0.15, 0.2) is 6.61 Å². The monoisotopic (exact) mass is 316 g/mol. The number of nitrogens with one attached hydrogen (secondary N) is 1. The summed E-state index contributed by atoms with van der Waals surface area (Å²) in [6, 6.07) is 8.68. The van der Waals surface area contributed by atoms with Crippen LogP contribution in [-0.2, 0) is 4.79 Å². The van der Waals surface area contributed by atoms with Gasteiger partial charge in [-0.25, -0.2) is 9.78 Å². The molecule has 122 valence electrons. The molecule has 1 atom stereocenters. The summed E-state index contributed by atoms with van der Waals surface area (Å²) in [6.45, 7) is 3.51. The van der Waals surface area contributed by atoms with Gasteiger partial charge in [0.05, 0.1) is 5.52 Å². The van der Waals surface area contributed by atoms with E-state index in [-0.39, 0.29) is 17.6 Å². The minimum atomic E-state index is -1.08. The number of carboxylic acids is 1. The molecular weight excluding hydrogens is 296 g/mol. The minimum absolute atomic E-state index is 0.0455. The van der Waals surface area contributed by atoms with Gasteiger partial charge in [-0.3, -0.25) is 4.79 Å². The first-order valence-corrected chi connectivity index (χ1v) is 7.56. The van der Waals surface area contributed by atoms with E-state index in [0.717, 1.165) is 12.8 Å². The number of carbonyl (C=O) groups is 2. The zero-order chi connectivity index (χ0) is 16.8. The van der Waals surface area contributed by atoms with E-state index < -0.39 is 12.6 Å². The van der Waals surface area contributed by atoms with Crippen molar-refractivity contribution < 1.29 is 19.4 Å². The zero-order valence-electron chi connectivity index (χ0n) is 13.2. The summed E-state index contributed by atoms with van der Waals surface area (Å²) in [5, 5.41) is 12.3. The van der Waals surface area contributed by atoms with Crippen LogP contribution in [0.4, 0.5) is 0 Å². The van der Waals surface area contributed by atoms with E-state index in [1.165, 1.54) is 6.07 Å². The number of para-hydroxylation sites is 1. The first-order valence-electron chi connectivity index (χ1n) is 7.56. The van der Waals surface area contributed by atoms with Crippen LogP contribution >= 0.6 is 0 Å². The van der Waals surface area contributed by atoms with Gasteiger partial charge >= 0.3 is 5.97 Å². The number of amides is 1. The van der Waals surface area contributed by atoms with Crippen molar-refractivity contribution >= 4 is 22.8 Å². The molecule has 0 saturated heterocycles. The van der Waals surface area contributed by atoms with Gasteiger partial charge in [0.25, 0.3) is 5.91 Å². The molecule has 0 saturated carbocycles. The van der Waals surface area contributed by atoms with Crippen LogP contribution in [0.15, 0.2) is 30.3 Å². The number of benzene rings is 1. The van der Waals surface area contributed by atoms with Crippen molar-refractivity contribution in [3.8, 4) is 5.75 Å². The van der Waals surface area contributed by atoms with Gasteiger partial charge in [-0.2, -0.15) is 0 Å². The number of ether oxygens (including phenoxy) is 1. The molecule has 1 heterocycles. The van der Waals surface area contributed by atoms with Crippen LogP contribution in [0.5, 0.6) is 5.75 Å². The molecule has 6 heteroatoms. The Morgan fingerprint density at radius 3 is 2.78 bits per heavy atom. The number of aromatic nitrogens is 1. The molecule has 0 aliphatic heterocycles. The van der Waals surface area contributed by atoms with Gasteiger partial charge in [-0.1, -0.05) is 25.5 Å². The summed E-state index contributed by atoms with van der Waals surface area (Å²) in [6.07, 6.45) is 1.85. The van der Waals surface area contributed by atoms with E-state index in [4.69, 9.17) is 9.84 Å². The van der Waals surface area contributed by atoms with Gasteiger partial charge in [0.2, 0.25) is 0 Å². The van der Waals surface area contributed by atoms with Crippen LogP contribution in [0.2, 0.25) is 0 Å². The fourth-order valence-electron chi connectivity index (χ4n) is 2.32. The van der Waals surface area contributed by atoms with Gasteiger partial charge in [0, 0.05) is 17.5 Å². The molecule has 23 heavy (non-hydrogen) atoms. The molecule has 0 aliphatic carbocycles. The number of pyridine rings is 1. The number of hydrogen-bond acceptors (Lipinski definition) is 4. The molecule has 0 spiro atoms. The molecule has 0 radical (unpaired) electrons. The predicted molar refractivity (Wildman–Crippen MR) is 86.7 cm³/mol. The van der Waals surface area contributed by atoms with E-state index in [1.807, 2.05) is 6.92 Å². The molecular formula is C17H20N2O4. The Kier molecular flexibility index (Phi) is 5.51. The number of fused-ring (bicyclic) bond motifs is 1. The summed E-state index contributed by atoms with van der Waals surface area (Å²) in [5.74, 6) is -1.03. The largest absolute Gasteiger partial charge is 0.481 e. The zero-order valence-corrected chi connectivity index (χ0v) is 13.2. The van der Waals surface area contributed by atoms with Crippen LogP contribution in [0.3, 0.4) is 0 Å². The van der Waals surface area contributed by atoms with Crippen molar-refractivity contribution in [2.24, 2.45) is 0 Å². The Balaban J connectivity index is 2.33. The third-order valence-electron chi connectivity index (χ3n) is 3.36. The molecule has 2 aromatic rings. The second-order valence-electron chi connectivity index (χ2n) is 5.37. The van der Waals surface area contributed by atoms with E-state index in [0.29, 0.717) is 16.7 Å². The highest BCUT2D eigenvalue weighted by atomic mass is 16.5. The van der Waals surface area contributed by atoms with E-state index >= 15 is 0 Å². The fraction of sp³-hybridized carbons (Fsp3) is 0.353. The number of carboxylic acid groups (broad SMARTS) is 1. The van der Waals surface area contributed by atoms with Crippen molar-refractivity contribution in [2.75, 3.05) is 6.61 Å². The number of aliphatic carboxylic acids is 1. The first-order chi connectivity index (χ1) is 11.0. The van der Waals surface area contributed by atoms with Crippen LogP contribution in [-0.4, -0.2) is 34.6 Å². The molecule has 2 N–H and O–H groups in total. The SMILES string of the molecule is CCC[C@H](C)NC(=O)c1cc(OCC(=O)O)c2ccccc2n1. The first kappa shape index (κ1) is 16.7. The average molecular weight is 316 g/mol. The van der Waals surface area contributed by atoms with Gasteiger partial charge in [0.1, 0.15) is 11.4 Å². The lowest BCUT2D eigenvalue weighted by Gasteiger charge is -2.14. The molecule has 0 bridgehead atoms. The van der Waals surface area contributed by atoms with Crippen LogP contribution < -0.4 is 10.1 Å². The molecule has 0 fully saturated rings. The molecule has 2 rings (SSSR count). The number of rotatable bonds is 7. The maximum Gasteiger partial charge on any atom is 0.341 e. The molecule has 1 aromatic carbocycles. The van der Waals surface area contributed by atoms with Crippen molar-refractivity contribution in [2.45, 2.75) is 32.7 Å². The number of nitrogens with zero attached hydrogens (tertiary/aromatic N) is 1. The van der Waals surface area contributed by atoms with Crippen molar-refractivity contribution in [1.82, 2.24) is 10.3 Å². The fourth-order valence-corrected chi connectivity index (χ4v) is 2.32. The average Bonchev–Trinajstić information content (AvgIpc) is 2.52. The molecule has 1 amide bonds. The summed E-state index contributed by atoms with van der Waals surface area (Å²) in [5.41, 5.74) is 0.802. The van der Waals surface area contributed by atoms with Crippen LogP contribution in [0, 0.1) is 0 Å². The highest BCUT2D eigenvalue weighted by Crippen LogP contribution is 2.25. The maximum atomic E-state index is 12.3. The lowest BCUT2D eigenvalue weighted by molar-refractivity contribution is -0.139. The summed E-state index contributed by atoms with van der Waals surface area (Å²) >= 11 is 0. The van der Waals surface area contributed by atoms with Crippen LogP contribution in [0.1, 0.15) is 37.2 Å². The molecule has 0 unspecified atom stereocenters. The highest BCUT2D eigenvalue weighted by molar-refractivity contribution is 5.97. The Hall–Kier alpha value is -2.63. The quantitative estimate of drug-likeness (QED) is 0.819. The molecule has 1 aromatic heterocycles. The van der Waals surface area contributed by atoms with Crippen LogP contribution in [0.25, 0.3) is 10.9 Å². The Labute approximate surface area is 134 Å². The lowest BCUT2D eigenvalue weighted by atomic mass is 10.1. The van der Waals surface area contributed by atoms with E-state index in [9.17, 15) is 9.59 Å². The summed E-state index contributed by atoms with van der Waals surface area (Å²) in [4.78, 5) is 27.4. The number of hydrogen-bond donors (Lipinski definition) is 2. The van der Waals surface area contributed by atoms with Crippen molar-refractivity contribution in [3.63, 3.8) is 0 Å². The minimum Gasteiger partial charge on any atom is -0.481 e. The standard InChI is InChI=1S/C17H20N2O4/c1-3-6-11(2)18-17(22)14-9-15(23-10-16(20)21)12-7-4-5-8-13(12)19-14/h4-5,7-9,11H,3,6,10H2,1-2H3,(H,18,22)(H,20,21)/t11-/m0/s1. The van der Waals surface area contributed by atoms with Crippen molar-refractivity contribution in [3.05, 3.63) is 36.0 Å². The third kappa shape index (κ3) is 4.42. The Morgan fingerprint density at radius 2 is 2.09 bits per heavy atom. The third-order valence-corrected chi connectivity index (χ3v) is 3.36. The van der Waals surface area contributed by atoms with Crippen molar-refractivity contribution in [1.29, 1.82) is 0 Å². The second-order valence-corrected chi connectivity index (χ2v) is 5.37. The topological polar surface area (TPSA) is 88.5 Å². The highest BCUT2D eigenvalue weighted by Gasteiger charge is 2.15. The Bertz CT molecular complexity index is 715. The van der Waals surface area contributed by atoms with E-state index in [1.54, 1.807) is 24.3 Å². The normalized spacial score (nSPS) is 11.9. The van der Waals surface area contributed by atoms with E-state index in [2.05, 4.69) is 17.2 Å². The smallest absolute Gasteiger partial charge is 0.341 e. The maximum absolute atomic E-state index is 12.3. The van der Waals surface area contributed by atoms with Gasteiger partial charge in [-0.15, -0.1) is 0 Å². The second kappa shape index (κ2) is 7.58. The number of carbonyl (C=O) groups excluding carboxylic acids is 1. The Morgan fingerprint density at radius 1 is 1.35 bits per heavy atom. The van der Waals surface area contributed by atoms with Gasteiger partial charge < -0.3 is 15.2 Å². The lowest BCUT2D eigenvalue weighted by Crippen LogP contribution is -2.33. The summed E-state index contributed by atoms with van der Waals surface area (Å²) in [7, 11) is 0. The molecule has 6 nitrogen and oxygen atoms in total. The summed E-state index contributed by atoms with van der Waals surface area (Å²) < 4.78 is 5.30. The van der Waals surface area contributed by atoms with Gasteiger partial charge in [-0.05, 0) is 25.5 Å².